The van der Waals surface area contributed by atoms with Crippen LogP contribution in [0.3, 0.4) is 0 Å². The van der Waals surface area contributed by atoms with Crippen LogP contribution in [0, 0.1) is 5.92 Å². The summed E-state index contributed by atoms with van der Waals surface area (Å²) in [4.78, 5) is 39.5. The molecule has 0 saturated carbocycles. The van der Waals surface area contributed by atoms with E-state index in [2.05, 4.69) is 10.6 Å². The first-order valence-electron chi connectivity index (χ1n) is 10.4. The lowest BCUT2D eigenvalue weighted by Crippen LogP contribution is -2.29. The minimum atomic E-state index is -0.521. The van der Waals surface area contributed by atoms with Gasteiger partial charge in [0.25, 0.3) is 5.91 Å². The van der Waals surface area contributed by atoms with E-state index in [0.29, 0.717) is 48.2 Å². The van der Waals surface area contributed by atoms with Gasteiger partial charge in [0.1, 0.15) is 13.2 Å². The number of fused-ring (bicyclic) bond motifs is 1. The summed E-state index contributed by atoms with van der Waals surface area (Å²) in [6, 6.07) is 12.2. The number of rotatable bonds is 6. The molecule has 2 aromatic rings. The summed E-state index contributed by atoms with van der Waals surface area (Å²) in [5, 5.41) is 5.65. The van der Waals surface area contributed by atoms with E-state index < -0.39 is 5.92 Å². The monoisotopic (exact) mass is 423 g/mol. The third-order valence-electron chi connectivity index (χ3n) is 5.30. The molecule has 0 aliphatic carbocycles. The number of carbonyl (C=O) groups is 3. The van der Waals surface area contributed by atoms with Crippen LogP contribution in [0.5, 0.6) is 11.5 Å². The smallest absolute Gasteiger partial charge is 0.253 e. The highest BCUT2D eigenvalue weighted by Gasteiger charge is 2.36. The van der Waals surface area contributed by atoms with Gasteiger partial charge in [-0.2, -0.15) is 0 Å². The number of hydrogen-bond donors (Lipinski definition) is 2. The molecule has 162 valence electrons. The first kappa shape index (κ1) is 20.7. The normalized spacial score (nSPS) is 17.4. The molecule has 2 aliphatic rings. The fraction of sp³-hybridized carbons (Fsp3) is 0.348. The molecular formula is C23H25N3O5. The molecule has 2 aromatic carbocycles. The van der Waals surface area contributed by atoms with Gasteiger partial charge in [0.2, 0.25) is 11.8 Å². The summed E-state index contributed by atoms with van der Waals surface area (Å²) in [7, 11) is 0. The summed E-state index contributed by atoms with van der Waals surface area (Å²) in [5.41, 5.74) is 1.51. The topological polar surface area (TPSA) is 97.0 Å². The van der Waals surface area contributed by atoms with Crippen LogP contribution in [0.4, 0.5) is 11.4 Å². The predicted molar refractivity (Wildman–Crippen MR) is 116 cm³/mol. The van der Waals surface area contributed by atoms with E-state index in [4.69, 9.17) is 9.47 Å². The number of ether oxygens (including phenoxy) is 2. The van der Waals surface area contributed by atoms with E-state index in [1.807, 2.05) is 6.92 Å². The van der Waals surface area contributed by atoms with Crippen molar-refractivity contribution in [3.63, 3.8) is 0 Å². The maximum Gasteiger partial charge on any atom is 0.253 e. The second kappa shape index (κ2) is 9.07. The van der Waals surface area contributed by atoms with Crippen molar-refractivity contribution in [2.24, 2.45) is 5.92 Å². The molecule has 0 spiro atoms. The number of anilines is 2. The third-order valence-corrected chi connectivity index (χ3v) is 5.30. The predicted octanol–water partition coefficient (Wildman–Crippen LogP) is 2.59. The van der Waals surface area contributed by atoms with Gasteiger partial charge in [0, 0.05) is 31.3 Å². The summed E-state index contributed by atoms with van der Waals surface area (Å²) in [5.74, 6) is 0.0610. The van der Waals surface area contributed by atoms with Crippen molar-refractivity contribution in [3.05, 3.63) is 48.0 Å². The molecule has 0 radical (unpaired) electrons. The Balaban J connectivity index is 1.45. The van der Waals surface area contributed by atoms with Gasteiger partial charge in [-0.25, -0.2) is 0 Å². The van der Waals surface area contributed by atoms with E-state index in [1.54, 1.807) is 47.4 Å². The fourth-order valence-corrected chi connectivity index (χ4v) is 3.69. The van der Waals surface area contributed by atoms with Gasteiger partial charge in [-0.05, 0) is 30.7 Å². The van der Waals surface area contributed by atoms with Crippen LogP contribution in [0.25, 0.3) is 0 Å². The van der Waals surface area contributed by atoms with Crippen molar-refractivity contribution >= 4 is 29.1 Å². The van der Waals surface area contributed by atoms with Crippen molar-refractivity contribution in [3.8, 4) is 11.5 Å². The summed E-state index contributed by atoms with van der Waals surface area (Å²) < 4.78 is 11.1. The molecular weight excluding hydrogens is 398 g/mol. The Kier molecular flexibility index (Phi) is 6.06. The molecule has 4 rings (SSSR count). The van der Waals surface area contributed by atoms with Crippen molar-refractivity contribution in [1.29, 1.82) is 0 Å². The first-order valence-corrected chi connectivity index (χ1v) is 10.4. The summed E-state index contributed by atoms with van der Waals surface area (Å²) in [6.07, 6.45) is 0.921. The third kappa shape index (κ3) is 4.47. The fourth-order valence-electron chi connectivity index (χ4n) is 3.69. The van der Waals surface area contributed by atoms with Gasteiger partial charge in [0.15, 0.2) is 11.5 Å². The zero-order chi connectivity index (χ0) is 21.8. The molecule has 0 aromatic heterocycles. The maximum atomic E-state index is 12.9. The van der Waals surface area contributed by atoms with Crippen LogP contribution in [-0.4, -0.2) is 44.0 Å². The Hall–Kier alpha value is -3.55. The number of hydrogen-bond acceptors (Lipinski definition) is 5. The quantitative estimate of drug-likeness (QED) is 0.744. The largest absolute Gasteiger partial charge is 0.486 e. The van der Waals surface area contributed by atoms with Crippen LogP contribution in [-0.2, 0) is 9.59 Å². The number of nitrogens with zero attached hydrogens (tertiary/aromatic N) is 1. The lowest BCUT2D eigenvalue weighted by Gasteiger charge is -2.22. The number of benzene rings is 2. The molecule has 2 heterocycles. The SMILES string of the molecule is CCCNC(=O)c1ccccc1NC(=O)[C@@H]1CC(=O)N(c2ccc3c(c2)OCCO3)C1. The molecule has 2 aliphatic heterocycles. The molecule has 31 heavy (non-hydrogen) atoms. The Bertz CT molecular complexity index is 1010. The minimum Gasteiger partial charge on any atom is -0.486 e. The van der Waals surface area contributed by atoms with Crippen molar-refractivity contribution in [2.75, 3.05) is 36.5 Å². The van der Waals surface area contributed by atoms with Crippen LogP contribution >= 0.6 is 0 Å². The molecule has 2 N–H and O–H groups in total. The van der Waals surface area contributed by atoms with Gasteiger partial charge in [-0.1, -0.05) is 19.1 Å². The zero-order valence-corrected chi connectivity index (χ0v) is 17.3. The van der Waals surface area contributed by atoms with Gasteiger partial charge in [0.05, 0.1) is 17.2 Å². The molecule has 0 unspecified atom stereocenters. The minimum absolute atomic E-state index is 0.102. The Morgan fingerprint density at radius 1 is 1.10 bits per heavy atom. The van der Waals surface area contributed by atoms with Crippen molar-refractivity contribution in [1.82, 2.24) is 5.32 Å². The van der Waals surface area contributed by atoms with E-state index in [0.717, 1.165) is 6.42 Å². The number of para-hydroxylation sites is 1. The van der Waals surface area contributed by atoms with Crippen molar-refractivity contribution < 1.29 is 23.9 Å². The van der Waals surface area contributed by atoms with Crippen LogP contribution in [0.1, 0.15) is 30.1 Å². The number of carbonyl (C=O) groups excluding carboxylic acids is 3. The van der Waals surface area contributed by atoms with Crippen LogP contribution in [0.2, 0.25) is 0 Å². The van der Waals surface area contributed by atoms with E-state index in [1.165, 1.54) is 0 Å². The Morgan fingerprint density at radius 2 is 1.87 bits per heavy atom. The second-order valence-electron chi connectivity index (χ2n) is 7.52. The highest BCUT2D eigenvalue weighted by atomic mass is 16.6. The highest BCUT2D eigenvalue weighted by Crippen LogP contribution is 2.36. The van der Waals surface area contributed by atoms with Gasteiger partial charge < -0.3 is 25.0 Å². The second-order valence-corrected chi connectivity index (χ2v) is 7.52. The molecule has 8 nitrogen and oxygen atoms in total. The van der Waals surface area contributed by atoms with E-state index in [9.17, 15) is 14.4 Å². The van der Waals surface area contributed by atoms with Crippen molar-refractivity contribution in [2.45, 2.75) is 19.8 Å². The number of amides is 3. The highest BCUT2D eigenvalue weighted by molar-refractivity contribution is 6.07. The first-order chi connectivity index (χ1) is 15.1. The van der Waals surface area contributed by atoms with E-state index in [-0.39, 0.29) is 30.7 Å². The Morgan fingerprint density at radius 3 is 2.68 bits per heavy atom. The lowest BCUT2D eigenvalue weighted by atomic mass is 10.1. The van der Waals surface area contributed by atoms with Gasteiger partial charge in [-0.3, -0.25) is 14.4 Å². The Labute approximate surface area is 180 Å². The molecule has 1 atom stereocenters. The summed E-state index contributed by atoms with van der Waals surface area (Å²) in [6.45, 7) is 3.74. The van der Waals surface area contributed by atoms with Gasteiger partial charge in [-0.15, -0.1) is 0 Å². The van der Waals surface area contributed by atoms with Crippen LogP contribution in [0.15, 0.2) is 42.5 Å². The molecule has 1 saturated heterocycles. The molecule has 3 amide bonds. The van der Waals surface area contributed by atoms with E-state index >= 15 is 0 Å². The zero-order valence-electron chi connectivity index (χ0n) is 17.3. The molecule has 0 bridgehead atoms. The molecule has 1 fully saturated rings. The summed E-state index contributed by atoms with van der Waals surface area (Å²) >= 11 is 0. The molecule has 8 heteroatoms. The average molecular weight is 423 g/mol. The van der Waals surface area contributed by atoms with Crippen LogP contribution < -0.4 is 25.0 Å². The average Bonchev–Trinajstić information content (AvgIpc) is 3.19. The maximum absolute atomic E-state index is 12.9. The number of nitrogens with one attached hydrogen (secondary N) is 2. The van der Waals surface area contributed by atoms with Gasteiger partial charge >= 0.3 is 0 Å². The lowest BCUT2D eigenvalue weighted by molar-refractivity contribution is -0.122. The standard InChI is InChI=1S/C23H25N3O5/c1-2-9-24-23(29)17-5-3-4-6-18(17)25-22(28)15-12-21(27)26(14-15)16-7-8-19-20(13-16)31-11-10-30-19/h3-8,13,15H,2,9-12,14H2,1H3,(H,24,29)(H,25,28)/t15-/m1/s1.